The van der Waals surface area contributed by atoms with E-state index in [1.165, 1.54) is 6.20 Å². The number of benzene rings is 1. The molecule has 0 aliphatic carbocycles. The molecule has 146 valence electrons. The highest BCUT2D eigenvalue weighted by Gasteiger charge is 2.18. The molecule has 0 fully saturated rings. The summed E-state index contributed by atoms with van der Waals surface area (Å²) in [6.45, 7) is 1.57. The van der Waals surface area contributed by atoms with E-state index < -0.39 is 10.0 Å². The lowest BCUT2D eigenvalue weighted by Crippen LogP contribution is -2.14. The lowest BCUT2D eigenvalue weighted by Gasteiger charge is -2.09. The molecule has 1 aromatic carbocycles. The van der Waals surface area contributed by atoms with E-state index in [1.54, 1.807) is 66.4 Å². The van der Waals surface area contributed by atoms with Gasteiger partial charge in [0.25, 0.3) is 0 Å². The number of fused-ring (bicyclic) bond motifs is 1. The van der Waals surface area contributed by atoms with Gasteiger partial charge in [0.15, 0.2) is 11.4 Å². The fraction of sp³-hybridized carbons (Fsp3) is 0.100. The van der Waals surface area contributed by atoms with Crippen LogP contribution in [0.15, 0.2) is 67.3 Å². The summed E-state index contributed by atoms with van der Waals surface area (Å²) < 4.78 is 27.8. The number of ketones is 1. The third-order valence-corrected chi connectivity index (χ3v) is 5.71. The van der Waals surface area contributed by atoms with Crippen molar-refractivity contribution in [2.24, 2.45) is 0 Å². The molecule has 0 amide bonds. The van der Waals surface area contributed by atoms with Crippen LogP contribution < -0.4 is 4.72 Å². The van der Waals surface area contributed by atoms with Gasteiger partial charge in [0.05, 0.1) is 23.2 Å². The molecule has 3 aromatic heterocycles. The van der Waals surface area contributed by atoms with Crippen LogP contribution in [0.4, 0.5) is 5.69 Å². The lowest BCUT2D eigenvalue weighted by molar-refractivity contribution is 0.104. The van der Waals surface area contributed by atoms with Crippen molar-refractivity contribution >= 4 is 27.1 Å². The molecule has 3 heterocycles. The number of hydrogen-bond donors (Lipinski definition) is 1. The predicted molar refractivity (Wildman–Crippen MR) is 109 cm³/mol. The summed E-state index contributed by atoms with van der Waals surface area (Å²) in [6.07, 6.45) is 6.19. The minimum absolute atomic E-state index is 0.0175. The van der Waals surface area contributed by atoms with Crippen molar-refractivity contribution in [3.63, 3.8) is 0 Å². The third-order valence-electron chi connectivity index (χ3n) is 4.40. The Kier molecular flexibility index (Phi) is 4.81. The van der Waals surface area contributed by atoms with Gasteiger partial charge in [-0.1, -0.05) is 12.1 Å². The molecule has 0 aliphatic heterocycles. The first-order valence-electron chi connectivity index (χ1n) is 8.87. The lowest BCUT2D eigenvalue weighted by atomic mass is 10.1. The smallest absolute Gasteiger partial charge is 0.232 e. The van der Waals surface area contributed by atoms with Crippen LogP contribution >= 0.6 is 0 Å². The Morgan fingerprint density at radius 3 is 2.66 bits per heavy atom. The molecule has 0 unspecified atom stereocenters. The number of carbonyl (C=O) groups is 1. The Hall–Kier alpha value is -3.59. The van der Waals surface area contributed by atoms with Crippen molar-refractivity contribution in [3.05, 3.63) is 78.4 Å². The second-order valence-corrected chi connectivity index (χ2v) is 8.29. The highest BCUT2D eigenvalue weighted by Crippen LogP contribution is 2.25. The maximum atomic E-state index is 12.8. The van der Waals surface area contributed by atoms with Crippen molar-refractivity contribution in [1.29, 1.82) is 0 Å². The van der Waals surface area contributed by atoms with Gasteiger partial charge in [-0.15, -0.1) is 0 Å². The molecule has 1 N–H and O–H groups in total. The average Bonchev–Trinajstić information content (AvgIpc) is 3.18. The first-order valence-corrected chi connectivity index (χ1v) is 10.5. The largest absolute Gasteiger partial charge is 0.288 e. The van der Waals surface area contributed by atoms with Crippen LogP contribution in [-0.2, 0) is 10.0 Å². The molecule has 8 nitrogen and oxygen atoms in total. The molecule has 9 heteroatoms. The first kappa shape index (κ1) is 18.8. The van der Waals surface area contributed by atoms with Crippen molar-refractivity contribution in [2.75, 3.05) is 10.5 Å². The van der Waals surface area contributed by atoms with Crippen molar-refractivity contribution in [1.82, 2.24) is 19.6 Å². The van der Waals surface area contributed by atoms with E-state index in [0.29, 0.717) is 28.2 Å². The second-order valence-electron chi connectivity index (χ2n) is 6.28. The van der Waals surface area contributed by atoms with Crippen molar-refractivity contribution < 1.29 is 13.2 Å². The Labute approximate surface area is 167 Å². The molecule has 0 atom stereocenters. The molecule has 0 radical (unpaired) electrons. The zero-order chi connectivity index (χ0) is 20.4. The maximum Gasteiger partial charge on any atom is 0.232 e. The Balaban J connectivity index is 1.77. The van der Waals surface area contributed by atoms with E-state index in [4.69, 9.17) is 0 Å². The third kappa shape index (κ3) is 3.72. The van der Waals surface area contributed by atoms with Gasteiger partial charge >= 0.3 is 0 Å². The minimum Gasteiger partial charge on any atom is -0.288 e. The number of anilines is 1. The molecule has 0 saturated carbocycles. The van der Waals surface area contributed by atoms with Gasteiger partial charge < -0.3 is 0 Å². The SMILES string of the molecule is CCS(=O)(=O)Nc1cccc(-c2ccnc3c(C(=O)c4ccncc4)cnn23)c1. The number of sulfonamides is 1. The van der Waals surface area contributed by atoms with E-state index in [1.807, 2.05) is 6.07 Å². The molecule has 0 saturated heterocycles. The number of nitrogens with one attached hydrogen (secondary N) is 1. The quantitative estimate of drug-likeness (QED) is 0.493. The fourth-order valence-corrected chi connectivity index (χ4v) is 3.55. The van der Waals surface area contributed by atoms with Crippen LogP contribution in [0.2, 0.25) is 0 Å². The topological polar surface area (TPSA) is 106 Å². The van der Waals surface area contributed by atoms with Gasteiger partial charge in [-0.05, 0) is 37.3 Å². The van der Waals surface area contributed by atoms with Gasteiger partial charge in [0, 0.05) is 35.4 Å². The van der Waals surface area contributed by atoms with E-state index in [0.717, 1.165) is 5.56 Å². The van der Waals surface area contributed by atoms with Crippen LogP contribution in [0.1, 0.15) is 22.8 Å². The van der Waals surface area contributed by atoms with Gasteiger partial charge in [-0.25, -0.2) is 17.9 Å². The van der Waals surface area contributed by atoms with Crippen molar-refractivity contribution in [2.45, 2.75) is 6.92 Å². The number of rotatable bonds is 6. The van der Waals surface area contributed by atoms with E-state index in [2.05, 4.69) is 19.8 Å². The second kappa shape index (κ2) is 7.44. The number of nitrogens with zero attached hydrogens (tertiary/aromatic N) is 4. The van der Waals surface area contributed by atoms with Gasteiger partial charge in [0.1, 0.15) is 0 Å². The van der Waals surface area contributed by atoms with Crippen molar-refractivity contribution in [3.8, 4) is 11.3 Å². The molecule has 4 rings (SSSR count). The summed E-state index contributed by atoms with van der Waals surface area (Å²) in [7, 11) is -3.39. The summed E-state index contributed by atoms with van der Waals surface area (Å²) in [6, 6.07) is 12.0. The number of hydrogen-bond acceptors (Lipinski definition) is 6. The zero-order valence-electron chi connectivity index (χ0n) is 15.5. The Morgan fingerprint density at radius 2 is 1.90 bits per heavy atom. The van der Waals surface area contributed by atoms with Crippen LogP contribution in [0.25, 0.3) is 16.9 Å². The summed E-state index contributed by atoms with van der Waals surface area (Å²) in [5.74, 6) is -0.215. The predicted octanol–water partition coefficient (Wildman–Crippen LogP) is 2.78. The average molecular weight is 407 g/mol. The highest BCUT2D eigenvalue weighted by molar-refractivity contribution is 7.92. The summed E-state index contributed by atoms with van der Waals surface area (Å²) in [4.78, 5) is 21.1. The molecular weight excluding hydrogens is 390 g/mol. The van der Waals surface area contributed by atoms with Crippen LogP contribution in [0.3, 0.4) is 0 Å². The Morgan fingerprint density at radius 1 is 1.10 bits per heavy atom. The fourth-order valence-electron chi connectivity index (χ4n) is 2.92. The highest BCUT2D eigenvalue weighted by atomic mass is 32.2. The molecule has 0 spiro atoms. The Bertz CT molecular complexity index is 1300. The molecule has 4 aromatic rings. The number of aromatic nitrogens is 4. The van der Waals surface area contributed by atoms with E-state index in [-0.39, 0.29) is 11.5 Å². The van der Waals surface area contributed by atoms with Gasteiger partial charge in [-0.3, -0.25) is 14.5 Å². The van der Waals surface area contributed by atoms with Crippen LogP contribution in [0.5, 0.6) is 0 Å². The van der Waals surface area contributed by atoms with Crippen LogP contribution in [-0.4, -0.2) is 39.5 Å². The van der Waals surface area contributed by atoms with E-state index in [9.17, 15) is 13.2 Å². The van der Waals surface area contributed by atoms with Gasteiger partial charge in [0.2, 0.25) is 10.0 Å². The molecular formula is C20H17N5O3S. The van der Waals surface area contributed by atoms with Crippen LogP contribution in [0, 0.1) is 0 Å². The number of carbonyl (C=O) groups excluding carboxylic acids is 1. The van der Waals surface area contributed by atoms with Gasteiger partial charge in [-0.2, -0.15) is 5.10 Å². The van der Waals surface area contributed by atoms with E-state index >= 15 is 0 Å². The molecule has 29 heavy (non-hydrogen) atoms. The zero-order valence-corrected chi connectivity index (χ0v) is 16.3. The summed E-state index contributed by atoms with van der Waals surface area (Å²) >= 11 is 0. The normalized spacial score (nSPS) is 11.5. The first-order chi connectivity index (χ1) is 14.0. The molecule has 0 aliphatic rings. The monoisotopic (exact) mass is 407 g/mol. The molecule has 0 bridgehead atoms. The number of pyridine rings is 1. The summed E-state index contributed by atoms with van der Waals surface area (Å²) in [5.41, 5.74) is 3.17. The standard InChI is InChI=1S/C20H17N5O3S/c1-2-29(27,28)24-16-5-3-4-15(12-16)18-8-11-22-20-17(13-23-25(18)20)19(26)14-6-9-21-10-7-14/h3-13,24H,2H2,1H3. The minimum atomic E-state index is -3.39. The summed E-state index contributed by atoms with van der Waals surface area (Å²) in [5, 5.41) is 4.34. The maximum absolute atomic E-state index is 12.8.